The van der Waals surface area contributed by atoms with Gasteiger partial charge in [-0.25, -0.2) is 4.79 Å². The van der Waals surface area contributed by atoms with Crippen LogP contribution in [0.2, 0.25) is 0 Å². The summed E-state index contributed by atoms with van der Waals surface area (Å²) < 4.78 is 49.3. The molecule has 5 fully saturated rings. The van der Waals surface area contributed by atoms with Crippen molar-refractivity contribution in [3.8, 4) is 0 Å². The Morgan fingerprint density at radius 1 is 1.14 bits per heavy atom. The molecule has 0 amide bonds. The number of carbonyl (C=O) groups is 5. The molecule has 6 unspecified atom stereocenters. The molecule has 2 aliphatic heterocycles. The van der Waals surface area contributed by atoms with Crippen molar-refractivity contribution in [3.05, 3.63) is 0 Å². The predicted octanol–water partition coefficient (Wildman–Crippen LogP) is 2.79. The van der Waals surface area contributed by atoms with Gasteiger partial charge in [0.1, 0.15) is 17.8 Å². The molecule has 0 aromatic heterocycles. The summed E-state index contributed by atoms with van der Waals surface area (Å²) in [5, 5.41) is 8.74. The number of fused-ring (bicyclic) bond motifs is 1. The lowest BCUT2D eigenvalue weighted by Crippen LogP contribution is -2.62. The van der Waals surface area contributed by atoms with E-state index in [0.717, 1.165) is 12.8 Å². The second-order valence-electron chi connectivity index (χ2n) is 11.2. The quantitative estimate of drug-likeness (QED) is 0.254. The van der Waals surface area contributed by atoms with Gasteiger partial charge in [-0.05, 0) is 51.4 Å². The fourth-order valence-corrected chi connectivity index (χ4v) is 6.34. The van der Waals surface area contributed by atoms with Crippen molar-refractivity contribution in [2.24, 2.45) is 23.2 Å². The van der Waals surface area contributed by atoms with Crippen LogP contribution < -0.4 is 0 Å². The first-order valence-electron chi connectivity index (χ1n) is 12.7. The average Bonchev–Trinajstić information content (AvgIpc) is 3.48. The van der Waals surface area contributed by atoms with Crippen molar-refractivity contribution >= 4 is 29.8 Å². The molecule has 6 atom stereocenters. The van der Waals surface area contributed by atoms with Crippen molar-refractivity contribution in [3.63, 3.8) is 0 Å². The summed E-state index contributed by atoms with van der Waals surface area (Å²) in [6, 6.07) is 0. The Morgan fingerprint density at radius 2 is 1.76 bits per heavy atom. The summed E-state index contributed by atoms with van der Waals surface area (Å²) in [4.78, 5) is 61.6. The molecule has 206 valence electrons. The van der Waals surface area contributed by atoms with E-state index in [-0.39, 0.29) is 12.3 Å². The van der Waals surface area contributed by atoms with Crippen LogP contribution in [0.5, 0.6) is 0 Å². The molecule has 3 aliphatic carbocycles. The fraction of sp³-hybridized carbons (Fsp3) is 0.800. The molecule has 37 heavy (non-hydrogen) atoms. The maximum atomic E-state index is 13.9. The Balaban J connectivity index is 1.36. The standard InChI is InChI=1S/C25H32F2O10/c1-12(2)19(25(26,27)20(30)31)35-16(29)7-6-15(28)34-18-14-10-13-11-24(14,21(32)36-17(13)18)22(33)37-23(3)8-4-5-9-23/h12-14,17-19H,4-11H2,1-3H3,(H,30,31). The maximum absolute atomic E-state index is 13.9. The largest absolute Gasteiger partial charge is 0.477 e. The van der Waals surface area contributed by atoms with Crippen LogP contribution in [0, 0.1) is 23.2 Å². The first-order chi connectivity index (χ1) is 17.2. The Kier molecular flexibility index (Phi) is 7.00. The van der Waals surface area contributed by atoms with E-state index in [1.165, 1.54) is 13.8 Å². The lowest BCUT2D eigenvalue weighted by molar-refractivity contribution is -0.223. The minimum atomic E-state index is -4.30. The van der Waals surface area contributed by atoms with Crippen LogP contribution in [0.15, 0.2) is 0 Å². The molecule has 0 aromatic carbocycles. The van der Waals surface area contributed by atoms with Gasteiger partial charge in [0, 0.05) is 11.8 Å². The van der Waals surface area contributed by atoms with E-state index < -0.39 is 89.8 Å². The molecule has 12 heteroatoms. The van der Waals surface area contributed by atoms with Gasteiger partial charge in [0.25, 0.3) is 0 Å². The van der Waals surface area contributed by atoms with Crippen molar-refractivity contribution in [2.45, 2.75) is 102 Å². The fourth-order valence-electron chi connectivity index (χ4n) is 6.34. The lowest BCUT2D eigenvalue weighted by Gasteiger charge is -2.46. The number of alkyl halides is 2. The van der Waals surface area contributed by atoms with Gasteiger partial charge in [-0.3, -0.25) is 19.2 Å². The van der Waals surface area contributed by atoms with E-state index >= 15 is 0 Å². The highest BCUT2D eigenvalue weighted by Gasteiger charge is 2.75. The van der Waals surface area contributed by atoms with E-state index in [4.69, 9.17) is 19.3 Å². The molecule has 5 rings (SSSR count). The molecule has 0 radical (unpaired) electrons. The number of carboxylic acid groups (broad SMARTS) is 1. The van der Waals surface area contributed by atoms with Crippen molar-refractivity contribution < 1.29 is 56.8 Å². The summed E-state index contributed by atoms with van der Waals surface area (Å²) in [6.45, 7) is 4.40. The van der Waals surface area contributed by atoms with E-state index in [1.807, 2.05) is 6.92 Å². The van der Waals surface area contributed by atoms with Gasteiger partial charge in [-0.2, -0.15) is 8.78 Å². The molecule has 10 nitrogen and oxygen atoms in total. The van der Waals surface area contributed by atoms with Crippen LogP contribution in [0.3, 0.4) is 0 Å². The Bertz CT molecular complexity index is 988. The third kappa shape index (κ3) is 4.67. The average molecular weight is 531 g/mol. The molecular weight excluding hydrogens is 498 g/mol. The van der Waals surface area contributed by atoms with Gasteiger partial charge in [-0.1, -0.05) is 13.8 Å². The van der Waals surface area contributed by atoms with Crippen molar-refractivity contribution in [1.82, 2.24) is 0 Å². The molecule has 5 aliphatic rings. The van der Waals surface area contributed by atoms with Crippen LogP contribution in [-0.2, 0) is 42.9 Å². The summed E-state index contributed by atoms with van der Waals surface area (Å²) >= 11 is 0. The molecule has 3 saturated carbocycles. The lowest BCUT2D eigenvalue weighted by atomic mass is 9.68. The SMILES string of the molecule is CC(C)C(OC(=O)CCC(=O)OC1C2OC(=O)C3(C(=O)OC4(C)CCCC4)CC2CC13)C(F)(F)C(=O)O. The van der Waals surface area contributed by atoms with Crippen LogP contribution in [0.25, 0.3) is 0 Å². The topological polar surface area (TPSA) is 142 Å². The first-order valence-corrected chi connectivity index (χ1v) is 12.7. The molecular formula is C25H32F2O10. The predicted molar refractivity (Wildman–Crippen MR) is 118 cm³/mol. The third-order valence-electron chi connectivity index (χ3n) is 8.24. The second kappa shape index (κ2) is 9.50. The first kappa shape index (κ1) is 27.3. The second-order valence-corrected chi connectivity index (χ2v) is 11.2. The number of hydrogen-bond acceptors (Lipinski definition) is 9. The van der Waals surface area contributed by atoms with Gasteiger partial charge >= 0.3 is 35.8 Å². The minimum absolute atomic E-state index is 0.167. The van der Waals surface area contributed by atoms with E-state index in [2.05, 4.69) is 4.74 Å². The summed E-state index contributed by atoms with van der Waals surface area (Å²) in [5.41, 5.74) is -2.19. The zero-order chi connectivity index (χ0) is 27.3. The van der Waals surface area contributed by atoms with Gasteiger partial charge < -0.3 is 24.1 Å². The number of carboxylic acids is 1. The summed E-state index contributed by atoms with van der Waals surface area (Å²) in [6.07, 6.45) is -0.978. The van der Waals surface area contributed by atoms with Crippen molar-refractivity contribution in [2.75, 3.05) is 0 Å². The Labute approximate surface area is 212 Å². The van der Waals surface area contributed by atoms with Crippen LogP contribution in [0.1, 0.15) is 72.1 Å². The number of halogens is 2. The number of rotatable bonds is 10. The van der Waals surface area contributed by atoms with E-state index in [9.17, 15) is 32.8 Å². The van der Waals surface area contributed by atoms with Crippen LogP contribution in [0.4, 0.5) is 8.78 Å². The van der Waals surface area contributed by atoms with Crippen molar-refractivity contribution in [1.29, 1.82) is 0 Å². The smallest absolute Gasteiger partial charge is 0.378 e. The maximum Gasteiger partial charge on any atom is 0.378 e. The zero-order valence-corrected chi connectivity index (χ0v) is 21.0. The molecule has 0 spiro atoms. The third-order valence-corrected chi connectivity index (χ3v) is 8.24. The molecule has 2 heterocycles. The number of ether oxygens (including phenoxy) is 4. The van der Waals surface area contributed by atoms with E-state index in [1.54, 1.807) is 0 Å². The number of carbonyl (C=O) groups excluding carboxylic acids is 4. The highest BCUT2D eigenvalue weighted by Crippen LogP contribution is 2.63. The molecule has 4 bridgehead atoms. The van der Waals surface area contributed by atoms with E-state index in [0.29, 0.717) is 19.3 Å². The van der Waals surface area contributed by atoms with Gasteiger partial charge in [0.2, 0.25) is 0 Å². The Hall–Kier alpha value is -2.79. The normalized spacial score (nSPS) is 32.2. The van der Waals surface area contributed by atoms with Gasteiger partial charge in [0.05, 0.1) is 12.8 Å². The highest BCUT2D eigenvalue weighted by atomic mass is 19.3. The number of aliphatic carboxylic acids is 1. The van der Waals surface area contributed by atoms with Gasteiger partial charge in [0.15, 0.2) is 11.5 Å². The van der Waals surface area contributed by atoms with Crippen LogP contribution >= 0.6 is 0 Å². The minimum Gasteiger partial charge on any atom is -0.477 e. The van der Waals surface area contributed by atoms with Gasteiger partial charge in [-0.15, -0.1) is 0 Å². The highest BCUT2D eigenvalue weighted by molar-refractivity contribution is 6.02. The zero-order valence-electron chi connectivity index (χ0n) is 21.0. The Morgan fingerprint density at radius 3 is 2.35 bits per heavy atom. The molecule has 0 aromatic rings. The number of esters is 4. The van der Waals surface area contributed by atoms with Crippen LogP contribution in [-0.4, -0.2) is 64.8 Å². The summed E-state index contributed by atoms with van der Waals surface area (Å²) in [5.74, 6) is -11.9. The number of hydrogen-bond donors (Lipinski definition) is 1. The molecule has 2 saturated heterocycles. The summed E-state index contributed by atoms with van der Waals surface area (Å²) in [7, 11) is 0. The monoisotopic (exact) mass is 530 g/mol. The molecule has 1 N–H and O–H groups in total.